The smallest absolute Gasteiger partial charge is 0.225 e. The van der Waals surface area contributed by atoms with Gasteiger partial charge < -0.3 is 9.64 Å². The summed E-state index contributed by atoms with van der Waals surface area (Å²) in [7, 11) is 0. The zero-order chi connectivity index (χ0) is 14.7. The lowest BCUT2D eigenvalue weighted by Crippen LogP contribution is -2.44. The highest BCUT2D eigenvalue weighted by Crippen LogP contribution is 2.54. The van der Waals surface area contributed by atoms with Gasteiger partial charge in [-0.2, -0.15) is 5.26 Å². The van der Waals surface area contributed by atoms with Crippen molar-refractivity contribution in [3.8, 4) is 6.07 Å². The number of hydrogen-bond acceptors (Lipinski definition) is 4. The third kappa shape index (κ3) is 3.75. The van der Waals surface area contributed by atoms with E-state index in [0.29, 0.717) is 18.9 Å². The van der Waals surface area contributed by atoms with Gasteiger partial charge in [0.1, 0.15) is 0 Å². The Morgan fingerprint density at radius 1 is 1.19 bits per heavy atom. The number of carbonyl (C=O) groups excluding carboxylic acids is 1. The van der Waals surface area contributed by atoms with E-state index >= 15 is 0 Å². The summed E-state index contributed by atoms with van der Waals surface area (Å²) in [4.78, 5) is 17.0. The predicted octanol–water partition coefficient (Wildman–Crippen LogP) is 1.11. The van der Waals surface area contributed by atoms with Crippen molar-refractivity contribution >= 4 is 5.91 Å². The molecule has 0 aromatic carbocycles. The normalized spacial score (nSPS) is 31.5. The fourth-order valence-corrected chi connectivity index (χ4v) is 3.78. The number of nitriles is 1. The summed E-state index contributed by atoms with van der Waals surface area (Å²) in [5.74, 6) is 2.19. The third-order valence-corrected chi connectivity index (χ3v) is 5.19. The lowest BCUT2D eigenvalue weighted by Gasteiger charge is -2.31. The fourth-order valence-electron chi connectivity index (χ4n) is 3.78. The van der Waals surface area contributed by atoms with Crippen molar-refractivity contribution in [2.24, 2.45) is 17.8 Å². The number of rotatable bonds is 6. The third-order valence-electron chi connectivity index (χ3n) is 5.19. The Morgan fingerprint density at radius 3 is 2.57 bits per heavy atom. The second-order valence-corrected chi connectivity index (χ2v) is 6.61. The lowest BCUT2D eigenvalue weighted by atomic mass is 10.0. The molecule has 0 bridgehead atoms. The Morgan fingerprint density at radius 2 is 1.90 bits per heavy atom. The Balaban J connectivity index is 1.49. The van der Waals surface area contributed by atoms with Crippen LogP contribution in [0.4, 0.5) is 0 Å². The monoisotopic (exact) mass is 291 g/mol. The Bertz CT molecular complexity index is 404. The van der Waals surface area contributed by atoms with Gasteiger partial charge in [-0.3, -0.25) is 9.69 Å². The van der Waals surface area contributed by atoms with Gasteiger partial charge in [0.2, 0.25) is 5.91 Å². The van der Waals surface area contributed by atoms with Gasteiger partial charge in [-0.1, -0.05) is 0 Å². The molecule has 2 saturated carbocycles. The topological polar surface area (TPSA) is 56.6 Å². The molecule has 21 heavy (non-hydrogen) atoms. The largest absolute Gasteiger partial charge is 0.379 e. The van der Waals surface area contributed by atoms with E-state index in [9.17, 15) is 4.79 Å². The zero-order valence-electron chi connectivity index (χ0n) is 12.7. The van der Waals surface area contributed by atoms with Gasteiger partial charge in [0, 0.05) is 38.6 Å². The molecule has 5 heteroatoms. The molecule has 0 aromatic heterocycles. The van der Waals surface area contributed by atoms with Crippen LogP contribution in [0.5, 0.6) is 0 Å². The highest BCUT2D eigenvalue weighted by molar-refractivity contribution is 5.79. The summed E-state index contributed by atoms with van der Waals surface area (Å²) in [5, 5.41) is 8.81. The Labute approximate surface area is 126 Å². The van der Waals surface area contributed by atoms with E-state index in [0.717, 1.165) is 64.1 Å². The molecule has 116 valence electrons. The first-order chi connectivity index (χ1) is 10.3. The molecular formula is C16H25N3O2. The molecule has 1 saturated heterocycles. The van der Waals surface area contributed by atoms with E-state index in [-0.39, 0.29) is 5.92 Å². The van der Waals surface area contributed by atoms with Gasteiger partial charge in [0.05, 0.1) is 25.7 Å². The Kier molecular flexibility index (Phi) is 4.77. The van der Waals surface area contributed by atoms with E-state index in [1.165, 1.54) is 6.42 Å². The Hall–Kier alpha value is -1.12. The molecule has 3 aliphatic rings. The number of ether oxygens (including phenoxy) is 1. The molecule has 1 amide bonds. The molecule has 0 spiro atoms. The van der Waals surface area contributed by atoms with Gasteiger partial charge in [0.15, 0.2) is 0 Å². The summed E-state index contributed by atoms with van der Waals surface area (Å²) < 4.78 is 5.35. The number of morpholine rings is 1. The summed E-state index contributed by atoms with van der Waals surface area (Å²) >= 11 is 0. The zero-order valence-corrected chi connectivity index (χ0v) is 12.7. The number of carbonyl (C=O) groups is 1. The first-order valence-electron chi connectivity index (χ1n) is 8.23. The lowest BCUT2D eigenvalue weighted by molar-refractivity contribution is -0.136. The second kappa shape index (κ2) is 6.76. The molecule has 3 fully saturated rings. The van der Waals surface area contributed by atoms with Crippen LogP contribution in [0.1, 0.15) is 25.7 Å². The molecule has 1 aliphatic heterocycles. The van der Waals surface area contributed by atoms with Crippen molar-refractivity contribution in [1.82, 2.24) is 9.80 Å². The minimum absolute atomic E-state index is 0.233. The van der Waals surface area contributed by atoms with Gasteiger partial charge in [-0.15, -0.1) is 0 Å². The van der Waals surface area contributed by atoms with Crippen LogP contribution >= 0.6 is 0 Å². The number of nitrogens with zero attached hydrogens (tertiary/aromatic N) is 3. The molecule has 3 rings (SSSR count). The van der Waals surface area contributed by atoms with E-state index < -0.39 is 0 Å². The van der Waals surface area contributed by atoms with Gasteiger partial charge in [0.25, 0.3) is 0 Å². The van der Waals surface area contributed by atoms with Crippen molar-refractivity contribution in [2.75, 3.05) is 45.9 Å². The van der Waals surface area contributed by atoms with Crippen molar-refractivity contribution < 1.29 is 9.53 Å². The first kappa shape index (κ1) is 14.8. The molecule has 0 N–H and O–H groups in total. The van der Waals surface area contributed by atoms with Crippen LogP contribution in [0.2, 0.25) is 0 Å². The van der Waals surface area contributed by atoms with Crippen molar-refractivity contribution in [2.45, 2.75) is 25.7 Å². The van der Waals surface area contributed by atoms with E-state index in [2.05, 4.69) is 11.0 Å². The van der Waals surface area contributed by atoms with Crippen LogP contribution in [0, 0.1) is 29.1 Å². The van der Waals surface area contributed by atoms with Crippen molar-refractivity contribution in [3.05, 3.63) is 0 Å². The van der Waals surface area contributed by atoms with Crippen molar-refractivity contribution in [1.29, 1.82) is 5.26 Å². The van der Waals surface area contributed by atoms with Crippen LogP contribution in [-0.2, 0) is 9.53 Å². The standard InChI is InChI=1S/C16H25N3O2/c17-2-1-3-19(5-4-18-6-8-21-9-7-18)16(20)15-11-13-10-14(13)12-15/h13-15H,1,3-12H2. The number of fused-ring (bicyclic) bond motifs is 1. The molecule has 2 aliphatic carbocycles. The molecule has 2 atom stereocenters. The predicted molar refractivity (Wildman–Crippen MR) is 78.4 cm³/mol. The summed E-state index contributed by atoms with van der Waals surface area (Å²) in [6, 6.07) is 2.17. The first-order valence-corrected chi connectivity index (χ1v) is 8.23. The number of amides is 1. The maximum Gasteiger partial charge on any atom is 0.225 e. The molecule has 0 aromatic rings. The average molecular weight is 291 g/mol. The minimum Gasteiger partial charge on any atom is -0.379 e. The molecule has 1 heterocycles. The average Bonchev–Trinajstić information content (AvgIpc) is 3.14. The maximum absolute atomic E-state index is 12.7. The van der Waals surface area contributed by atoms with Crippen LogP contribution < -0.4 is 0 Å². The molecule has 2 unspecified atom stereocenters. The maximum atomic E-state index is 12.7. The quantitative estimate of drug-likeness (QED) is 0.735. The number of hydrogen-bond donors (Lipinski definition) is 0. The van der Waals surface area contributed by atoms with Crippen LogP contribution in [0.15, 0.2) is 0 Å². The van der Waals surface area contributed by atoms with Crippen LogP contribution in [-0.4, -0.2) is 61.6 Å². The fraction of sp³-hybridized carbons (Fsp3) is 0.875. The summed E-state index contributed by atoms with van der Waals surface area (Å²) in [5.41, 5.74) is 0. The molecule has 0 radical (unpaired) electrons. The van der Waals surface area contributed by atoms with E-state index in [1.807, 2.05) is 4.90 Å². The van der Waals surface area contributed by atoms with Crippen LogP contribution in [0.25, 0.3) is 0 Å². The van der Waals surface area contributed by atoms with Gasteiger partial charge in [-0.05, 0) is 31.1 Å². The van der Waals surface area contributed by atoms with E-state index in [4.69, 9.17) is 10.00 Å². The summed E-state index contributed by atoms with van der Waals surface area (Å²) in [6.45, 7) is 5.73. The minimum atomic E-state index is 0.233. The highest BCUT2D eigenvalue weighted by atomic mass is 16.5. The SMILES string of the molecule is N#CCCN(CCN1CCOCC1)C(=O)C1CC2CC2C1. The van der Waals surface area contributed by atoms with Gasteiger partial charge in [-0.25, -0.2) is 0 Å². The molecular weight excluding hydrogens is 266 g/mol. The summed E-state index contributed by atoms with van der Waals surface area (Å²) in [6.07, 6.45) is 3.96. The van der Waals surface area contributed by atoms with Gasteiger partial charge >= 0.3 is 0 Å². The second-order valence-electron chi connectivity index (χ2n) is 6.61. The van der Waals surface area contributed by atoms with E-state index in [1.54, 1.807) is 0 Å². The van der Waals surface area contributed by atoms with Crippen LogP contribution in [0.3, 0.4) is 0 Å². The molecule has 5 nitrogen and oxygen atoms in total. The highest BCUT2D eigenvalue weighted by Gasteiger charge is 2.48. The van der Waals surface area contributed by atoms with Crippen molar-refractivity contribution in [3.63, 3.8) is 0 Å².